The van der Waals surface area contributed by atoms with Crippen LogP contribution in [0.2, 0.25) is 0 Å². The van der Waals surface area contributed by atoms with E-state index in [4.69, 9.17) is 0 Å². The zero-order valence-electron chi connectivity index (χ0n) is 11.4. The molecule has 1 unspecified atom stereocenters. The first-order valence-corrected chi connectivity index (χ1v) is 6.82. The second kappa shape index (κ2) is 5.40. The van der Waals surface area contributed by atoms with Crippen LogP contribution in [0.25, 0.3) is 0 Å². The zero-order valence-corrected chi connectivity index (χ0v) is 11.4. The highest BCUT2D eigenvalue weighted by molar-refractivity contribution is 5.92. The van der Waals surface area contributed by atoms with Crippen molar-refractivity contribution in [3.8, 4) is 0 Å². The van der Waals surface area contributed by atoms with Crippen molar-refractivity contribution in [2.24, 2.45) is 0 Å². The molecule has 1 fully saturated rings. The van der Waals surface area contributed by atoms with Gasteiger partial charge >= 0.3 is 0 Å². The normalized spacial score (nSPS) is 19.1. The van der Waals surface area contributed by atoms with Crippen molar-refractivity contribution < 1.29 is 4.79 Å². The summed E-state index contributed by atoms with van der Waals surface area (Å²) in [4.78, 5) is 22.6. The van der Waals surface area contributed by atoms with Gasteiger partial charge in [0.2, 0.25) is 0 Å². The van der Waals surface area contributed by atoms with Gasteiger partial charge in [-0.1, -0.05) is 0 Å². The van der Waals surface area contributed by atoms with Crippen LogP contribution in [0.4, 0.5) is 0 Å². The van der Waals surface area contributed by atoms with Gasteiger partial charge in [-0.15, -0.1) is 0 Å². The molecule has 3 heterocycles. The van der Waals surface area contributed by atoms with E-state index >= 15 is 0 Å². The fraction of sp³-hybridized carbons (Fsp3) is 0.429. The average Bonchev–Trinajstić information content (AvgIpc) is 3.01. The lowest BCUT2D eigenvalue weighted by Crippen LogP contribution is -2.39. The predicted molar refractivity (Wildman–Crippen MR) is 73.2 cm³/mol. The summed E-state index contributed by atoms with van der Waals surface area (Å²) < 4.78 is 0. The van der Waals surface area contributed by atoms with Gasteiger partial charge in [0.05, 0.1) is 0 Å². The lowest BCUT2D eigenvalue weighted by atomic mass is 9.95. The lowest BCUT2D eigenvalue weighted by molar-refractivity contribution is 0.0699. The van der Waals surface area contributed by atoms with Gasteiger partial charge in [-0.05, 0) is 31.9 Å². The van der Waals surface area contributed by atoms with Crippen molar-refractivity contribution in [2.45, 2.75) is 25.7 Å². The molecule has 20 heavy (non-hydrogen) atoms. The summed E-state index contributed by atoms with van der Waals surface area (Å²) in [5, 5.41) is 6.99. The van der Waals surface area contributed by atoms with Crippen molar-refractivity contribution >= 4 is 5.91 Å². The number of H-pyrrole nitrogens is 1. The number of nitrogens with one attached hydrogen (secondary N) is 1. The van der Waals surface area contributed by atoms with E-state index in [1.165, 1.54) is 0 Å². The highest BCUT2D eigenvalue weighted by Gasteiger charge is 2.26. The number of nitrogens with zero attached hydrogens (tertiary/aromatic N) is 4. The maximum absolute atomic E-state index is 12.5. The van der Waals surface area contributed by atoms with Crippen LogP contribution in [-0.2, 0) is 0 Å². The Morgan fingerprint density at radius 1 is 1.40 bits per heavy atom. The number of likely N-dealkylation sites (tertiary alicyclic amines) is 1. The Morgan fingerprint density at radius 2 is 2.30 bits per heavy atom. The SMILES string of the molecule is Cc1nccc(C(=O)N2CCCC(c3ccn[nH]3)C2)n1. The molecule has 104 valence electrons. The molecule has 1 aliphatic heterocycles. The van der Waals surface area contributed by atoms with E-state index in [0.717, 1.165) is 25.1 Å². The van der Waals surface area contributed by atoms with Gasteiger partial charge in [0.15, 0.2) is 0 Å². The number of piperidine rings is 1. The van der Waals surface area contributed by atoms with Crippen molar-refractivity contribution in [1.82, 2.24) is 25.1 Å². The van der Waals surface area contributed by atoms with Gasteiger partial charge in [0.25, 0.3) is 5.91 Å². The number of carbonyl (C=O) groups excluding carboxylic acids is 1. The molecule has 0 aliphatic carbocycles. The Labute approximate surface area is 117 Å². The van der Waals surface area contributed by atoms with Crippen LogP contribution in [0.15, 0.2) is 24.5 Å². The van der Waals surface area contributed by atoms with Crippen LogP contribution >= 0.6 is 0 Å². The van der Waals surface area contributed by atoms with Crippen LogP contribution in [0.5, 0.6) is 0 Å². The molecule has 1 amide bonds. The summed E-state index contributed by atoms with van der Waals surface area (Å²) in [6, 6.07) is 3.66. The van der Waals surface area contributed by atoms with Crippen LogP contribution in [0.3, 0.4) is 0 Å². The third-order valence-electron chi connectivity index (χ3n) is 3.67. The number of amides is 1. The molecule has 1 saturated heterocycles. The first-order valence-electron chi connectivity index (χ1n) is 6.82. The highest BCUT2D eigenvalue weighted by Crippen LogP contribution is 2.25. The summed E-state index contributed by atoms with van der Waals surface area (Å²) in [6.45, 7) is 3.29. The molecule has 0 spiro atoms. The standard InChI is InChI=1S/C14H17N5O/c1-10-15-6-4-13(17-10)14(20)19-8-2-3-11(9-19)12-5-7-16-18-12/h4-7,11H,2-3,8-9H2,1H3,(H,16,18). The van der Waals surface area contributed by atoms with Crippen molar-refractivity contribution in [1.29, 1.82) is 0 Å². The Bertz CT molecular complexity index is 595. The number of aromatic amines is 1. The molecule has 3 rings (SSSR count). The van der Waals surface area contributed by atoms with Crippen LogP contribution in [0, 0.1) is 6.92 Å². The van der Waals surface area contributed by atoms with Crippen LogP contribution in [0.1, 0.15) is 40.8 Å². The Kier molecular flexibility index (Phi) is 3.45. The molecule has 1 atom stereocenters. The average molecular weight is 271 g/mol. The van der Waals surface area contributed by atoms with E-state index in [2.05, 4.69) is 20.2 Å². The number of hydrogen-bond acceptors (Lipinski definition) is 4. The summed E-state index contributed by atoms with van der Waals surface area (Å²) >= 11 is 0. The molecule has 6 heteroatoms. The second-order valence-electron chi connectivity index (χ2n) is 5.09. The van der Waals surface area contributed by atoms with Gasteiger partial charge < -0.3 is 4.90 Å². The smallest absolute Gasteiger partial charge is 0.272 e. The predicted octanol–water partition coefficient (Wildman–Crippen LogP) is 1.53. The molecule has 0 bridgehead atoms. The maximum Gasteiger partial charge on any atom is 0.272 e. The number of aromatic nitrogens is 4. The van der Waals surface area contributed by atoms with Crippen molar-refractivity contribution in [3.63, 3.8) is 0 Å². The van der Waals surface area contributed by atoms with E-state index in [1.807, 2.05) is 11.0 Å². The maximum atomic E-state index is 12.5. The number of carbonyl (C=O) groups is 1. The van der Waals surface area contributed by atoms with Crippen molar-refractivity contribution in [2.75, 3.05) is 13.1 Å². The Hall–Kier alpha value is -2.24. The summed E-state index contributed by atoms with van der Waals surface area (Å²) in [5.41, 5.74) is 1.57. The Balaban J connectivity index is 1.75. The Morgan fingerprint density at radius 3 is 3.05 bits per heavy atom. The van der Waals surface area contributed by atoms with E-state index in [0.29, 0.717) is 24.0 Å². The molecule has 2 aromatic heterocycles. The van der Waals surface area contributed by atoms with Gasteiger partial charge in [0.1, 0.15) is 11.5 Å². The number of hydrogen-bond donors (Lipinski definition) is 1. The van der Waals surface area contributed by atoms with E-state index < -0.39 is 0 Å². The molecule has 1 N–H and O–H groups in total. The molecule has 0 aromatic carbocycles. The molecular weight excluding hydrogens is 254 g/mol. The molecule has 2 aromatic rings. The second-order valence-corrected chi connectivity index (χ2v) is 5.09. The third kappa shape index (κ3) is 2.54. The first kappa shape index (κ1) is 12.8. The minimum absolute atomic E-state index is 0.0142. The molecular formula is C14H17N5O. The lowest BCUT2D eigenvalue weighted by Gasteiger charge is -2.32. The first-order chi connectivity index (χ1) is 9.74. The van der Waals surface area contributed by atoms with Gasteiger partial charge in [-0.2, -0.15) is 5.10 Å². The third-order valence-corrected chi connectivity index (χ3v) is 3.67. The fourth-order valence-electron chi connectivity index (χ4n) is 2.65. The van der Waals surface area contributed by atoms with Crippen molar-refractivity contribution in [3.05, 3.63) is 41.7 Å². The van der Waals surface area contributed by atoms with E-state index in [9.17, 15) is 4.79 Å². The number of rotatable bonds is 2. The minimum atomic E-state index is -0.0142. The largest absolute Gasteiger partial charge is 0.337 e. The summed E-state index contributed by atoms with van der Waals surface area (Å²) in [7, 11) is 0. The molecule has 1 aliphatic rings. The van der Waals surface area contributed by atoms with E-state index in [-0.39, 0.29) is 5.91 Å². The summed E-state index contributed by atoms with van der Waals surface area (Å²) in [6.07, 6.45) is 5.46. The van der Waals surface area contributed by atoms with Gasteiger partial charge in [-0.25, -0.2) is 9.97 Å². The number of aryl methyl sites for hydroxylation is 1. The molecule has 0 saturated carbocycles. The topological polar surface area (TPSA) is 74.8 Å². The monoisotopic (exact) mass is 271 g/mol. The van der Waals surface area contributed by atoms with Gasteiger partial charge in [0, 0.05) is 37.1 Å². The fourth-order valence-corrected chi connectivity index (χ4v) is 2.65. The summed E-state index contributed by atoms with van der Waals surface area (Å²) in [5.74, 6) is 0.941. The van der Waals surface area contributed by atoms with Crippen LogP contribution < -0.4 is 0 Å². The minimum Gasteiger partial charge on any atom is -0.337 e. The molecule has 6 nitrogen and oxygen atoms in total. The quantitative estimate of drug-likeness (QED) is 0.898. The van der Waals surface area contributed by atoms with Crippen LogP contribution in [-0.4, -0.2) is 44.1 Å². The van der Waals surface area contributed by atoms with E-state index in [1.54, 1.807) is 25.4 Å². The van der Waals surface area contributed by atoms with Gasteiger partial charge in [-0.3, -0.25) is 9.89 Å². The zero-order chi connectivity index (χ0) is 13.9. The molecule has 0 radical (unpaired) electrons. The highest BCUT2D eigenvalue weighted by atomic mass is 16.2.